The Bertz CT molecular complexity index is 403. The van der Waals surface area contributed by atoms with Gasteiger partial charge in [0.15, 0.2) is 0 Å². The normalized spacial score (nSPS) is 10.1. The molecule has 0 aliphatic rings. The van der Waals surface area contributed by atoms with E-state index in [4.69, 9.17) is 5.11 Å². The van der Waals surface area contributed by atoms with E-state index in [9.17, 15) is 4.79 Å². The molecule has 0 heterocycles. The summed E-state index contributed by atoms with van der Waals surface area (Å²) in [6, 6.07) is 0. The van der Waals surface area contributed by atoms with Crippen LogP contribution in [0, 0.1) is 23.7 Å². The largest absolute Gasteiger partial charge is 0.481 e. The first-order chi connectivity index (χ1) is 7.77. The van der Waals surface area contributed by atoms with Gasteiger partial charge in [0, 0.05) is 6.42 Å². The summed E-state index contributed by atoms with van der Waals surface area (Å²) < 4.78 is 0. The van der Waals surface area contributed by atoms with Crippen LogP contribution in [0.4, 0.5) is 0 Å². The number of aliphatic carboxylic acids is 1. The molecule has 0 bridgehead atoms. The Hall–Kier alpha value is -2.19. The van der Waals surface area contributed by atoms with E-state index in [0.29, 0.717) is 6.42 Å². The molecule has 0 aliphatic heterocycles. The Morgan fingerprint density at radius 3 is 2.50 bits per heavy atom. The zero-order chi connectivity index (χ0) is 12.1. The molecule has 0 aromatic rings. The molecule has 0 saturated heterocycles. The van der Waals surface area contributed by atoms with E-state index in [1.807, 2.05) is 13.0 Å². The smallest absolute Gasteiger partial charge is 0.303 e. The quantitative estimate of drug-likeness (QED) is 0.576. The fourth-order valence-electron chi connectivity index (χ4n) is 0.724. The van der Waals surface area contributed by atoms with Crippen LogP contribution in [0.15, 0.2) is 36.5 Å². The SMILES string of the molecule is C/C=C\C#CC#C/C=C/C=C/CCC(=O)O. The molecule has 0 aromatic carbocycles. The molecule has 0 unspecified atom stereocenters. The van der Waals surface area contributed by atoms with Gasteiger partial charge in [-0.25, -0.2) is 0 Å². The molecule has 2 heteroatoms. The van der Waals surface area contributed by atoms with Gasteiger partial charge < -0.3 is 5.11 Å². The maximum absolute atomic E-state index is 10.2. The fourth-order valence-corrected chi connectivity index (χ4v) is 0.724. The van der Waals surface area contributed by atoms with Crippen LogP contribution in [0.1, 0.15) is 19.8 Å². The highest BCUT2D eigenvalue weighted by atomic mass is 16.4. The minimum Gasteiger partial charge on any atom is -0.481 e. The van der Waals surface area contributed by atoms with E-state index in [-0.39, 0.29) is 6.42 Å². The predicted octanol–water partition coefficient (Wildman–Crippen LogP) is 2.55. The maximum Gasteiger partial charge on any atom is 0.303 e. The Kier molecular flexibility index (Phi) is 9.40. The first kappa shape index (κ1) is 13.8. The molecule has 0 aromatic heterocycles. The number of rotatable bonds is 4. The number of carboxylic acids is 1. The molecule has 2 nitrogen and oxygen atoms in total. The van der Waals surface area contributed by atoms with Crippen LogP contribution in [0.3, 0.4) is 0 Å². The van der Waals surface area contributed by atoms with Gasteiger partial charge in [0.05, 0.1) is 0 Å². The maximum atomic E-state index is 10.2. The predicted molar refractivity (Wildman–Crippen MR) is 65.5 cm³/mol. The van der Waals surface area contributed by atoms with Crippen molar-refractivity contribution in [2.24, 2.45) is 0 Å². The first-order valence-electron chi connectivity index (χ1n) is 4.93. The van der Waals surface area contributed by atoms with Gasteiger partial charge in [-0.15, -0.1) is 0 Å². The zero-order valence-electron chi connectivity index (χ0n) is 9.23. The number of allylic oxidation sites excluding steroid dienone is 6. The van der Waals surface area contributed by atoms with E-state index in [1.54, 1.807) is 30.4 Å². The molecule has 1 N–H and O–H groups in total. The summed E-state index contributed by atoms with van der Waals surface area (Å²) >= 11 is 0. The number of hydrogen-bond acceptors (Lipinski definition) is 1. The summed E-state index contributed by atoms with van der Waals surface area (Å²) in [6.45, 7) is 1.89. The van der Waals surface area contributed by atoms with E-state index < -0.39 is 5.97 Å². The van der Waals surface area contributed by atoms with Crippen molar-refractivity contribution in [3.63, 3.8) is 0 Å². The third-order valence-electron chi connectivity index (χ3n) is 1.41. The van der Waals surface area contributed by atoms with E-state index in [1.165, 1.54) is 0 Å². The second kappa shape index (κ2) is 10.9. The summed E-state index contributed by atoms with van der Waals surface area (Å²) in [4.78, 5) is 10.2. The lowest BCUT2D eigenvalue weighted by atomic mass is 10.3. The standard InChI is InChI=1S/C14H14O2/c1-2-3-4-5-6-7-8-9-10-11-12-13-14(15)16/h2-3,8-11H,12-13H2,1H3,(H,15,16)/b3-2-,9-8+,11-10+. The van der Waals surface area contributed by atoms with Crippen LogP contribution < -0.4 is 0 Å². The Morgan fingerprint density at radius 1 is 1.19 bits per heavy atom. The first-order valence-corrected chi connectivity index (χ1v) is 4.93. The Balaban J connectivity index is 3.77. The van der Waals surface area contributed by atoms with E-state index in [0.717, 1.165) is 0 Å². The van der Waals surface area contributed by atoms with Crippen LogP contribution in [0.25, 0.3) is 0 Å². The van der Waals surface area contributed by atoms with Crippen molar-refractivity contribution in [3.05, 3.63) is 36.5 Å². The summed E-state index contributed by atoms with van der Waals surface area (Å²) in [6.07, 6.45) is 11.3. The van der Waals surface area contributed by atoms with Gasteiger partial charge in [-0.2, -0.15) is 0 Å². The zero-order valence-corrected chi connectivity index (χ0v) is 9.23. The van der Waals surface area contributed by atoms with E-state index in [2.05, 4.69) is 23.7 Å². The van der Waals surface area contributed by atoms with E-state index >= 15 is 0 Å². The van der Waals surface area contributed by atoms with Crippen LogP contribution >= 0.6 is 0 Å². The van der Waals surface area contributed by atoms with Gasteiger partial charge in [-0.3, -0.25) is 4.79 Å². The van der Waals surface area contributed by atoms with Crippen LogP contribution in [0.5, 0.6) is 0 Å². The number of carbonyl (C=O) groups is 1. The van der Waals surface area contributed by atoms with Gasteiger partial charge in [0.25, 0.3) is 0 Å². The highest BCUT2D eigenvalue weighted by Crippen LogP contribution is 1.90. The molecule has 0 aliphatic carbocycles. The van der Waals surface area contributed by atoms with Crippen molar-refractivity contribution in [3.8, 4) is 23.7 Å². The summed E-state index contributed by atoms with van der Waals surface area (Å²) in [5.41, 5.74) is 0. The molecule has 0 saturated carbocycles. The van der Waals surface area contributed by atoms with Crippen LogP contribution in [-0.4, -0.2) is 11.1 Å². The van der Waals surface area contributed by atoms with Crippen molar-refractivity contribution in [2.45, 2.75) is 19.8 Å². The lowest BCUT2D eigenvalue weighted by molar-refractivity contribution is -0.136. The van der Waals surface area contributed by atoms with Gasteiger partial charge in [-0.05, 0) is 37.3 Å². The van der Waals surface area contributed by atoms with Crippen LogP contribution in [0.2, 0.25) is 0 Å². The molecular weight excluding hydrogens is 200 g/mol. The summed E-state index contributed by atoms with van der Waals surface area (Å²) in [7, 11) is 0. The average molecular weight is 214 g/mol. The number of carboxylic acid groups (broad SMARTS) is 1. The Labute approximate surface area is 96.4 Å². The van der Waals surface area contributed by atoms with Crippen LogP contribution in [-0.2, 0) is 4.79 Å². The average Bonchev–Trinajstić information content (AvgIpc) is 2.25. The van der Waals surface area contributed by atoms with Gasteiger partial charge >= 0.3 is 5.97 Å². The van der Waals surface area contributed by atoms with Gasteiger partial charge in [0.2, 0.25) is 0 Å². The minimum atomic E-state index is -0.785. The van der Waals surface area contributed by atoms with Crippen molar-refractivity contribution < 1.29 is 9.90 Å². The van der Waals surface area contributed by atoms with Crippen molar-refractivity contribution in [1.29, 1.82) is 0 Å². The lowest BCUT2D eigenvalue weighted by Gasteiger charge is -1.84. The van der Waals surface area contributed by atoms with Crippen molar-refractivity contribution in [1.82, 2.24) is 0 Å². The monoisotopic (exact) mass is 214 g/mol. The highest BCUT2D eigenvalue weighted by molar-refractivity contribution is 5.66. The fraction of sp³-hybridized carbons (Fsp3) is 0.214. The minimum absolute atomic E-state index is 0.158. The summed E-state index contributed by atoms with van der Waals surface area (Å²) in [5, 5.41) is 8.36. The molecule has 82 valence electrons. The van der Waals surface area contributed by atoms with Gasteiger partial charge in [0.1, 0.15) is 0 Å². The molecule has 0 atom stereocenters. The topological polar surface area (TPSA) is 37.3 Å². The van der Waals surface area contributed by atoms with Crippen molar-refractivity contribution in [2.75, 3.05) is 0 Å². The highest BCUT2D eigenvalue weighted by Gasteiger charge is 1.90. The molecule has 0 radical (unpaired) electrons. The second-order valence-electron chi connectivity index (χ2n) is 2.76. The van der Waals surface area contributed by atoms with Gasteiger partial charge in [-0.1, -0.05) is 36.1 Å². The molecule has 0 amide bonds. The lowest BCUT2D eigenvalue weighted by Crippen LogP contribution is -1.91. The number of hydrogen-bond donors (Lipinski definition) is 1. The molecule has 0 rings (SSSR count). The molecule has 16 heavy (non-hydrogen) atoms. The second-order valence-corrected chi connectivity index (χ2v) is 2.76. The third kappa shape index (κ3) is 11.8. The summed E-state index contributed by atoms with van der Waals surface area (Å²) in [5.74, 6) is 10.00. The molecular formula is C14H14O2. The Morgan fingerprint density at radius 2 is 1.88 bits per heavy atom. The molecule has 0 fully saturated rings. The molecule has 0 spiro atoms. The third-order valence-corrected chi connectivity index (χ3v) is 1.41. The van der Waals surface area contributed by atoms with Crippen molar-refractivity contribution >= 4 is 5.97 Å².